The molecule has 0 aliphatic carbocycles. The first-order chi connectivity index (χ1) is 7.20. The molecule has 0 aromatic rings. The smallest absolute Gasteiger partial charge is 0.242 e. The Balaban J connectivity index is 4.31. The summed E-state index contributed by atoms with van der Waals surface area (Å²) >= 11 is 0. The number of carbonyl (C=O) groups is 2. The van der Waals surface area contributed by atoms with Crippen molar-refractivity contribution < 1.29 is 9.59 Å². The Morgan fingerprint density at radius 1 is 1.44 bits per heavy atom. The van der Waals surface area contributed by atoms with E-state index in [1.165, 1.54) is 4.90 Å². The van der Waals surface area contributed by atoms with Gasteiger partial charge in [0.05, 0.1) is 12.1 Å². The summed E-state index contributed by atoms with van der Waals surface area (Å²) in [5, 5.41) is 2.72. The highest BCUT2D eigenvalue weighted by Gasteiger charge is 2.29. The highest BCUT2D eigenvalue weighted by atomic mass is 16.2. The third-order valence-electron chi connectivity index (χ3n) is 2.40. The van der Waals surface area contributed by atoms with E-state index in [4.69, 9.17) is 5.73 Å². The summed E-state index contributed by atoms with van der Waals surface area (Å²) in [6.07, 6.45) is 0.544. The van der Waals surface area contributed by atoms with Crippen LogP contribution in [0.1, 0.15) is 34.1 Å². The Labute approximate surface area is 97.4 Å². The molecule has 0 aliphatic rings. The molecule has 0 saturated carbocycles. The third-order valence-corrected chi connectivity index (χ3v) is 2.40. The Hall–Kier alpha value is -1.10. The van der Waals surface area contributed by atoms with Crippen molar-refractivity contribution in [1.29, 1.82) is 0 Å². The van der Waals surface area contributed by atoms with Crippen LogP contribution in [0.5, 0.6) is 0 Å². The SMILES string of the molecule is CCC(C)(N)C(=O)N(C)CC(=O)NC(C)C. The van der Waals surface area contributed by atoms with Crippen LogP contribution in [0.3, 0.4) is 0 Å². The van der Waals surface area contributed by atoms with Crippen LogP contribution in [0.15, 0.2) is 0 Å². The summed E-state index contributed by atoms with van der Waals surface area (Å²) in [7, 11) is 1.59. The fraction of sp³-hybridized carbons (Fsp3) is 0.818. The summed E-state index contributed by atoms with van der Waals surface area (Å²) in [6, 6.07) is 0.0754. The van der Waals surface area contributed by atoms with E-state index in [1.54, 1.807) is 14.0 Å². The van der Waals surface area contributed by atoms with Crippen molar-refractivity contribution in [2.24, 2.45) is 5.73 Å². The number of hydrogen-bond acceptors (Lipinski definition) is 3. The van der Waals surface area contributed by atoms with Crippen molar-refractivity contribution in [2.75, 3.05) is 13.6 Å². The average Bonchev–Trinajstić information content (AvgIpc) is 2.14. The number of likely N-dealkylation sites (N-methyl/N-ethyl adjacent to an activating group) is 1. The van der Waals surface area contributed by atoms with E-state index >= 15 is 0 Å². The lowest BCUT2D eigenvalue weighted by atomic mass is 9.99. The maximum absolute atomic E-state index is 11.8. The van der Waals surface area contributed by atoms with Gasteiger partial charge in [-0.25, -0.2) is 0 Å². The fourth-order valence-corrected chi connectivity index (χ4v) is 1.24. The summed E-state index contributed by atoms with van der Waals surface area (Å²) < 4.78 is 0. The lowest BCUT2D eigenvalue weighted by Crippen LogP contribution is -2.53. The van der Waals surface area contributed by atoms with Gasteiger partial charge in [0.1, 0.15) is 0 Å². The molecule has 1 unspecified atom stereocenters. The molecule has 0 fully saturated rings. The number of rotatable bonds is 5. The molecular formula is C11H23N3O2. The van der Waals surface area contributed by atoms with E-state index in [0.717, 1.165) is 0 Å². The van der Waals surface area contributed by atoms with E-state index in [-0.39, 0.29) is 24.4 Å². The molecule has 16 heavy (non-hydrogen) atoms. The van der Waals surface area contributed by atoms with Gasteiger partial charge in [-0.2, -0.15) is 0 Å². The molecule has 0 aliphatic heterocycles. The fourth-order valence-electron chi connectivity index (χ4n) is 1.24. The zero-order valence-corrected chi connectivity index (χ0v) is 10.8. The lowest BCUT2D eigenvalue weighted by molar-refractivity contribution is -0.138. The second kappa shape index (κ2) is 5.84. The molecule has 1 atom stereocenters. The molecule has 0 saturated heterocycles. The Kier molecular flexibility index (Phi) is 5.44. The molecule has 5 nitrogen and oxygen atoms in total. The zero-order valence-electron chi connectivity index (χ0n) is 10.8. The molecule has 0 aromatic heterocycles. The van der Waals surface area contributed by atoms with Crippen molar-refractivity contribution in [2.45, 2.75) is 45.7 Å². The normalized spacial score (nSPS) is 14.4. The van der Waals surface area contributed by atoms with Crippen LogP contribution in [0, 0.1) is 0 Å². The number of carbonyl (C=O) groups excluding carboxylic acids is 2. The topological polar surface area (TPSA) is 75.4 Å². The monoisotopic (exact) mass is 229 g/mol. The van der Waals surface area contributed by atoms with Crippen LogP contribution in [0.25, 0.3) is 0 Å². The zero-order chi connectivity index (χ0) is 12.9. The minimum atomic E-state index is -0.896. The van der Waals surface area contributed by atoms with Crippen LogP contribution in [0.2, 0.25) is 0 Å². The highest BCUT2D eigenvalue weighted by Crippen LogP contribution is 2.08. The second-order valence-electron chi connectivity index (χ2n) is 4.65. The van der Waals surface area contributed by atoms with E-state index in [1.807, 2.05) is 20.8 Å². The molecule has 0 aromatic carbocycles. The van der Waals surface area contributed by atoms with Gasteiger partial charge in [-0.3, -0.25) is 9.59 Å². The van der Waals surface area contributed by atoms with Gasteiger partial charge < -0.3 is 16.0 Å². The molecule has 5 heteroatoms. The number of nitrogens with two attached hydrogens (primary N) is 1. The van der Waals surface area contributed by atoms with Crippen LogP contribution < -0.4 is 11.1 Å². The van der Waals surface area contributed by atoms with Crippen LogP contribution in [0.4, 0.5) is 0 Å². The maximum atomic E-state index is 11.8. The van der Waals surface area contributed by atoms with Crippen LogP contribution >= 0.6 is 0 Å². The van der Waals surface area contributed by atoms with E-state index in [2.05, 4.69) is 5.32 Å². The summed E-state index contributed by atoms with van der Waals surface area (Å²) in [5.41, 5.74) is 4.92. The first-order valence-corrected chi connectivity index (χ1v) is 5.54. The molecule has 2 amide bonds. The lowest BCUT2D eigenvalue weighted by Gasteiger charge is -2.28. The number of nitrogens with one attached hydrogen (secondary N) is 1. The van der Waals surface area contributed by atoms with Crippen molar-refractivity contribution in [3.05, 3.63) is 0 Å². The maximum Gasteiger partial charge on any atom is 0.242 e. The molecule has 0 radical (unpaired) electrons. The van der Waals surface area contributed by atoms with Gasteiger partial charge in [0.2, 0.25) is 11.8 Å². The summed E-state index contributed by atoms with van der Waals surface area (Å²) in [5.74, 6) is -0.383. The minimum Gasteiger partial charge on any atom is -0.352 e. The van der Waals surface area contributed by atoms with Crippen molar-refractivity contribution in [1.82, 2.24) is 10.2 Å². The quantitative estimate of drug-likeness (QED) is 0.702. The molecule has 0 heterocycles. The summed E-state index contributed by atoms with van der Waals surface area (Å²) in [4.78, 5) is 24.6. The van der Waals surface area contributed by atoms with E-state index in [0.29, 0.717) is 6.42 Å². The predicted molar refractivity (Wildman–Crippen MR) is 63.8 cm³/mol. The van der Waals surface area contributed by atoms with Gasteiger partial charge in [0.15, 0.2) is 0 Å². The molecule has 94 valence electrons. The van der Waals surface area contributed by atoms with Crippen molar-refractivity contribution in [3.8, 4) is 0 Å². The molecule has 3 N–H and O–H groups in total. The Morgan fingerprint density at radius 3 is 2.31 bits per heavy atom. The highest BCUT2D eigenvalue weighted by molar-refractivity contribution is 5.89. The molecular weight excluding hydrogens is 206 g/mol. The first kappa shape index (κ1) is 14.9. The van der Waals surface area contributed by atoms with Crippen molar-refractivity contribution >= 4 is 11.8 Å². The van der Waals surface area contributed by atoms with Crippen LogP contribution in [-0.2, 0) is 9.59 Å². The molecule has 0 spiro atoms. The second-order valence-corrected chi connectivity index (χ2v) is 4.65. The van der Waals surface area contributed by atoms with Gasteiger partial charge in [-0.1, -0.05) is 6.92 Å². The summed E-state index contributed by atoms with van der Waals surface area (Å²) in [6.45, 7) is 7.31. The van der Waals surface area contributed by atoms with E-state index in [9.17, 15) is 9.59 Å². The largest absolute Gasteiger partial charge is 0.352 e. The Morgan fingerprint density at radius 2 is 1.94 bits per heavy atom. The molecule has 0 rings (SSSR count). The van der Waals surface area contributed by atoms with Gasteiger partial charge in [0, 0.05) is 13.1 Å². The average molecular weight is 229 g/mol. The first-order valence-electron chi connectivity index (χ1n) is 5.54. The van der Waals surface area contributed by atoms with Gasteiger partial charge >= 0.3 is 0 Å². The number of nitrogens with zero attached hydrogens (tertiary/aromatic N) is 1. The Bertz CT molecular complexity index is 262. The third kappa shape index (κ3) is 4.61. The van der Waals surface area contributed by atoms with Gasteiger partial charge in [-0.05, 0) is 27.2 Å². The van der Waals surface area contributed by atoms with Crippen molar-refractivity contribution in [3.63, 3.8) is 0 Å². The minimum absolute atomic E-state index is 0.0454. The number of hydrogen-bond donors (Lipinski definition) is 2. The van der Waals surface area contributed by atoms with Crippen LogP contribution in [-0.4, -0.2) is 41.9 Å². The molecule has 0 bridgehead atoms. The predicted octanol–water partition coefficient (Wildman–Crippen LogP) is 0.0968. The standard InChI is InChI=1S/C11H23N3O2/c1-6-11(4,12)10(16)14(5)7-9(15)13-8(2)3/h8H,6-7,12H2,1-5H3,(H,13,15). The van der Waals surface area contributed by atoms with Gasteiger partial charge in [0.25, 0.3) is 0 Å². The van der Waals surface area contributed by atoms with Gasteiger partial charge in [-0.15, -0.1) is 0 Å². The van der Waals surface area contributed by atoms with E-state index < -0.39 is 5.54 Å². The number of amides is 2.